The molecule has 0 aromatic heterocycles. The lowest BCUT2D eigenvalue weighted by Crippen LogP contribution is -2.27. The van der Waals surface area contributed by atoms with Crippen molar-refractivity contribution in [3.8, 4) is 5.75 Å². The molecule has 1 heterocycles. The van der Waals surface area contributed by atoms with Crippen molar-refractivity contribution < 1.29 is 13.2 Å². The average molecular weight is 298 g/mol. The fourth-order valence-corrected chi connectivity index (χ4v) is 2.74. The Morgan fingerprint density at radius 2 is 2.10 bits per heavy atom. The zero-order valence-corrected chi connectivity index (χ0v) is 12.6. The minimum absolute atomic E-state index is 0.488. The maximum atomic E-state index is 10.9. The van der Waals surface area contributed by atoms with Crippen LogP contribution in [0.5, 0.6) is 5.75 Å². The summed E-state index contributed by atoms with van der Waals surface area (Å²) in [5.41, 5.74) is 2.62. The van der Waals surface area contributed by atoms with Gasteiger partial charge in [0, 0.05) is 13.0 Å². The molecule has 0 saturated heterocycles. The Balaban J connectivity index is 1.59. The van der Waals surface area contributed by atoms with E-state index >= 15 is 0 Å². The van der Waals surface area contributed by atoms with Crippen molar-refractivity contribution in [2.45, 2.75) is 19.3 Å². The fourth-order valence-electron chi connectivity index (χ4n) is 2.22. The van der Waals surface area contributed by atoms with Gasteiger partial charge in [0.15, 0.2) is 0 Å². The van der Waals surface area contributed by atoms with Crippen LogP contribution in [0.2, 0.25) is 0 Å². The number of benzene rings is 1. The summed E-state index contributed by atoms with van der Waals surface area (Å²) in [5, 5.41) is 3.32. The molecule has 0 bridgehead atoms. The minimum Gasteiger partial charge on any atom is -0.493 e. The van der Waals surface area contributed by atoms with E-state index in [1.54, 1.807) is 0 Å². The molecule has 20 heavy (non-hydrogen) atoms. The minimum atomic E-state index is -3.06. The van der Waals surface area contributed by atoms with Gasteiger partial charge in [0.25, 0.3) is 0 Å². The van der Waals surface area contributed by atoms with Crippen LogP contribution in [0, 0.1) is 0 Å². The lowest BCUT2D eigenvalue weighted by Gasteiger charge is -2.06. The molecule has 6 heteroatoms. The zero-order chi connectivity index (χ0) is 14.4. The standard InChI is InChI=1S/C14H22N2O3S/c1-20(17,18)16-8-2-7-15-9-5-12-3-4-14-13(11-12)6-10-19-14/h3-4,11,15-16H,2,5-10H2,1H3. The molecule has 0 spiro atoms. The number of fused-ring (bicyclic) bond motifs is 1. The van der Waals surface area contributed by atoms with E-state index in [9.17, 15) is 8.42 Å². The number of sulfonamides is 1. The van der Waals surface area contributed by atoms with Gasteiger partial charge in [-0.05, 0) is 43.1 Å². The normalized spacial score (nSPS) is 14.1. The molecular formula is C14H22N2O3S. The van der Waals surface area contributed by atoms with E-state index in [0.29, 0.717) is 6.54 Å². The van der Waals surface area contributed by atoms with Crippen LogP contribution >= 0.6 is 0 Å². The molecule has 0 aliphatic carbocycles. The highest BCUT2D eigenvalue weighted by Crippen LogP contribution is 2.25. The third-order valence-corrected chi connectivity index (χ3v) is 3.97. The second kappa shape index (κ2) is 7.06. The number of hydrogen-bond donors (Lipinski definition) is 2. The van der Waals surface area contributed by atoms with Crippen LogP contribution < -0.4 is 14.8 Å². The number of rotatable bonds is 8. The molecular weight excluding hydrogens is 276 g/mol. The molecule has 2 rings (SSSR count). The molecule has 112 valence electrons. The van der Waals surface area contributed by atoms with Gasteiger partial charge in [-0.1, -0.05) is 12.1 Å². The second-order valence-electron chi connectivity index (χ2n) is 5.06. The average Bonchev–Trinajstić information content (AvgIpc) is 2.83. The van der Waals surface area contributed by atoms with Gasteiger partial charge in [-0.25, -0.2) is 13.1 Å². The van der Waals surface area contributed by atoms with Crippen LogP contribution in [0.3, 0.4) is 0 Å². The SMILES string of the molecule is CS(=O)(=O)NCCCNCCc1ccc2c(c1)CCO2. The second-order valence-corrected chi connectivity index (χ2v) is 6.89. The molecule has 0 radical (unpaired) electrons. The first-order valence-electron chi connectivity index (χ1n) is 6.94. The summed E-state index contributed by atoms with van der Waals surface area (Å²) >= 11 is 0. The van der Waals surface area contributed by atoms with Crippen LogP contribution in [-0.2, 0) is 22.9 Å². The molecule has 0 unspecified atom stereocenters. The van der Waals surface area contributed by atoms with Gasteiger partial charge in [-0.2, -0.15) is 0 Å². The monoisotopic (exact) mass is 298 g/mol. The van der Waals surface area contributed by atoms with Crippen molar-refractivity contribution in [3.05, 3.63) is 29.3 Å². The van der Waals surface area contributed by atoms with Crippen molar-refractivity contribution >= 4 is 10.0 Å². The maximum Gasteiger partial charge on any atom is 0.208 e. The largest absolute Gasteiger partial charge is 0.493 e. The lowest BCUT2D eigenvalue weighted by atomic mass is 10.1. The molecule has 0 fully saturated rings. The smallest absolute Gasteiger partial charge is 0.208 e. The first-order chi connectivity index (χ1) is 9.54. The molecule has 0 amide bonds. The third-order valence-electron chi connectivity index (χ3n) is 3.24. The zero-order valence-electron chi connectivity index (χ0n) is 11.8. The van der Waals surface area contributed by atoms with Crippen molar-refractivity contribution in [2.75, 3.05) is 32.5 Å². The topological polar surface area (TPSA) is 67.4 Å². The Hall–Kier alpha value is -1.11. The van der Waals surface area contributed by atoms with Crippen molar-refractivity contribution in [2.24, 2.45) is 0 Å². The van der Waals surface area contributed by atoms with E-state index < -0.39 is 10.0 Å². The van der Waals surface area contributed by atoms with Crippen LogP contribution in [-0.4, -0.2) is 40.9 Å². The van der Waals surface area contributed by atoms with Gasteiger partial charge in [0.2, 0.25) is 10.0 Å². The van der Waals surface area contributed by atoms with Gasteiger partial charge < -0.3 is 10.1 Å². The predicted molar refractivity (Wildman–Crippen MR) is 79.7 cm³/mol. The summed E-state index contributed by atoms with van der Waals surface area (Å²) < 4.78 is 29.7. The highest BCUT2D eigenvalue weighted by molar-refractivity contribution is 7.88. The molecule has 1 aromatic rings. The summed E-state index contributed by atoms with van der Waals surface area (Å²) in [6.07, 6.45) is 3.96. The van der Waals surface area contributed by atoms with Crippen molar-refractivity contribution in [1.82, 2.24) is 10.0 Å². The summed E-state index contributed by atoms with van der Waals surface area (Å²) in [5.74, 6) is 1.02. The first kappa shape index (κ1) is 15.3. The van der Waals surface area contributed by atoms with Crippen LogP contribution in [0.4, 0.5) is 0 Å². The first-order valence-corrected chi connectivity index (χ1v) is 8.84. The van der Waals surface area contributed by atoms with Crippen LogP contribution in [0.1, 0.15) is 17.5 Å². The molecule has 5 nitrogen and oxygen atoms in total. The van der Waals surface area contributed by atoms with E-state index in [2.05, 4.69) is 22.2 Å². The molecule has 2 N–H and O–H groups in total. The molecule has 1 aliphatic heterocycles. The number of nitrogens with one attached hydrogen (secondary N) is 2. The Morgan fingerprint density at radius 3 is 2.90 bits per heavy atom. The maximum absolute atomic E-state index is 10.9. The fraction of sp³-hybridized carbons (Fsp3) is 0.571. The van der Waals surface area contributed by atoms with Gasteiger partial charge in [0.05, 0.1) is 12.9 Å². The summed E-state index contributed by atoms with van der Waals surface area (Å²) in [6, 6.07) is 6.37. The Bertz CT molecular complexity index is 543. The summed E-state index contributed by atoms with van der Waals surface area (Å²) in [6.45, 7) is 3.00. The van der Waals surface area contributed by atoms with E-state index in [1.807, 2.05) is 6.07 Å². The van der Waals surface area contributed by atoms with E-state index in [-0.39, 0.29) is 0 Å². The van der Waals surface area contributed by atoms with Crippen LogP contribution in [0.25, 0.3) is 0 Å². The third kappa shape index (κ3) is 5.11. The number of hydrogen-bond acceptors (Lipinski definition) is 4. The van der Waals surface area contributed by atoms with E-state index in [4.69, 9.17) is 4.74 Å². The van der Waals surface area contributed by atoms with Crippen molar-refractivity contribution in [1.29, 1.82) is 0 Å². The molecule has 0 atom stereocenters. The van der Waals surface area contributed by atoms with Crippen LogP contribution in [0.15, 0.2) is 18.2 Å². The Labute approximate surface area is 120 Å². The Morgan fingerprint density at radius 1 is 1.25 bits per heavy atom. The highest BCUT2D eigenvalue weighted by atomic mass is 32.2. The van der Waals surface area contributed by atoms with Gasteiger partial charge >= 0.3 is 0 Å². The van der Waals surface area contributed by atoms with Gasteiger partial charge in [0.1, 0.15) is 5.75 Å². The van der Waals surface area contributed by atoms with Crippen molar-refractivity contribution in [3.63, 3.8) is 0 Å². The summed E-state index contributed by atoms with van der Waals surface area (Å²) in [4.78, 5) is 0. The highest BCUT2D eigenvalue weighted by Gasteiger charge is 2.11. The number of ether oxygens (including phenoxy) is 1. The van der Waals surface area contributed by atoms with Gasteiger partial charge in [-0.15, -0.1) is 0 Å². The van der Waals surface area contributed by atoms with Gasteiger partial charge in [-0.3, -0.25) is 0 Å². The Kier molecular flexibility index (Phi) is 5.39. The molecule has 0 saturated carbocycles. The van der Waals surface area contributed by atoms with E-state index in [1.165, 1.54) is 17.4 Å². The summed E-state index contributed by atoms with van der Waals surface area (Å²) in [7, 11) is -3.06. The molecule has 1 aromatic carbocycles. The van der Waals surface area contributed by atoms with E-state index in [0.717, 1.165) is 44.7 Å². The lowest BCUT2D eigenvalue weighted by molar-refractivity contribution is 0.357. The predicted octanol–water partition coefficient (Wildman–Crippen LogP) is 0.693. The quantitative estimate of drug-likeness (QED) is 0.693. The molecule has 1 aliphatic rings.